The Balaban J connectivity index is 2.08. The van der Waals surface area contributed by atoms with E-state index in [-0.39, 0.29) is 25.0 Å². The molecule has 1 aliphatic rings. The van der Waals surface area contributed by atoms with Crippen LogP contribution in [0.3, 0.4) is 0 Å². The second-order valence-corrected chi connectivity index (χ2v) is 6.68. The normalized spacial score (nSPS) is 19.1. The minimum Gasteiger partial charge on any atom is -0.469 e. The molecule has 0 bridgehead atoms. The summed E-state index contributed by atoms with van der Waals surface area (Å²) in [5.74, 6) is -1.24. The van der Waals surface area contributed by atoms with Gasteiger partial charge in [-0.2, -0.15) is 0 Å². The molecule has 0 spiro atoms. The minimum atomic E-state index is -0.654. The van der Waals surface area contributed by atoms with Gasteiger partial charge in [0.1, 0.15) is 6.04 Å². The third-order valence-electron chi connectivity index (χ3n) is 5.24. The molecule has 2 heterocycles. The van der Waals surface area contributed by atoms with Crippen molar-refractivity contribution in [3.63, 3.8) is 0 Å². The number of H-pyrrole nitrogens is 1. The molecule has 150 valence electrons. The van der Waals surface area contributed by atoms with E-state index in [0.29, 0.717) is 12.8 Å². The molecule has 0 unspecified atom stereocenters. The van der Waals surface area contributed by atoms with Crippen LogP contribution in [0.1, 0.15) is 30.1 Å². The fourth-order valence-corrected chi connectivity index (χ4v) is 3.87. The van der Waals surface area contributed by atoms with E-state index in [2.05, 4.69) is 4.98 Å². The van der Waals surface area contributed by atoms with Crippen LogP contribution in [0.2, 0.25) is 0 Å². The summed E-state index contributed by atoms with van der Waals surface area (Å²) in [7, 11) is 3.96. The second-order valence-electron chi connectivity index (χ2n) is 6.68. The van der Waals surface area contributed by atoms with Gasteiger partial charge in [-0.25, -0.2) is 0 Å². The topological polar surface area (TPSA) is 97.9 Å². The zero-order valence-corrected chi connectivity index (χ0v) is 16.2. The van der Waals surface area contributed by atoms with Gasteiger partial charge in [0.25, 0.3) is 0 Å². The van der Waals surface area contributed by atoms with Gasteiger partial charge in [-0.1, -0.05) is 18.2 Å². The van der Waals surface area contributed by atoms with Crippen LogP contribution < -0.4 is 0 Å². The molecule has 3 rings (SSSR count). The van der Waals surface area contributed by atoms with Crippen LogP contribution in [0.25, 0.3) is 10.9 Å². The quantitative estimate of drug-likeness (QED) is 0.594. The number of fused-ring (bicyclic) bond motifs is 3. The molecule has 8 nitrogen and oxygen atoms in total. The molecule has 0 saturated heterocycles. The van der Waals surface area contributed by atoms with Crippen molar-refractivity contribution in [3.05, 3.63) is 35.5 Å². The first-order valence-electron chi connectivity index (χ1n) is 9.06. The maximum Gasteiger partial charge on any atom is 0.323 e. The van der Waals surface area contributed by atoms with Crippen molar-refractivity contribution >= 4 is 28.8 Å². The van der Waals surface area contributed by atoms with Gasteiger partial charge in [-0.15, -0.1) is 0 Å². The van der Waals surface area contributed by atoms with Crippen LogP contribution in [0.4, 0.5) is 0 Å². The Labute approximate surface area is 162 Å². The first-order valence-corrected chi connectivity index (χ1v) is 9.06. The Hall–Kier alpha value is -2.87. The number of ether oxygens (including phenoxy) is 3. The molecule has 8 heteroatoms. The van der Waals surface area contributed by atoms with Crippen LogP contribution in [-0.4, -0.2) is 61.7 Å². The summed E-state index contributed by atoms with van der Waals surface area (Å²) < 4.78 is 14.6. The molecule has 1 N–H and O–H groups in total. The molecule has 0 amide bonds. The Morgan fingerprint density at radius 3 is 2.46 bits per heavy atom. The van der Waals surface area contributed by atoms with E-state index in [4.69, 9.17) is 14.2 Å². The maximum atomic E-state index is 12.5. The second kappa shape index (κ2) is 8.43. The fourth-order valence-electron chi connectivity index (χ4n) is 3.87. The van der Waals surface area contributed by atoms with E-state index >= 15 is 0 Å². The summed E-state index contributed by atoms with van der Waals surface area (Å²) in [5.41, 5.74) is 2.84. The predicted molar refractivity (Wildman–Crippen MR) is 101 cm³/mol. The molecule has 0 saturated carbocycles. The number of methoxy groups -OCH3 is 3. The van der Waals surface area contributed by atoms with E-state index < -0.39 is 18.0 Å². The smallest absolute Gasteiger partial charge is 0.323 e. The maximum absolute atomic E-state index is 12.5. The number of rotatable bonds is 6. The average Bonchev–Trinajstić information content (AvgIpc) is 3.09. The Morgan fingerprint density at radius 1 is 1.07 bits per heavy atom. The van der Waals surface area contributed by atoms with E-state index in [9.17, 15) is 14.4 Å². The number of hydrogen-bond donors (Lipinski definition) is 1. The van der Waals surface area contributed by atoms with E-state index in [1.54, 1.807) is 4.90 Å². The molecule has 2 aromatic rings. The largest absolute Gasteiger partial charge is 0.469 e. The third kappa shape index (κ3) is 3.73. The van der Waals surface area contributed by atoms with Crippen molar-refractivity contribution < 1.29 is 28.6 Å². The van der Waals surface area contributed by atoms with Crippen molar-refractivity contribution in [2.45, 2.75) is 31.3 Å². The lowest BCUT2D eigenvalue weighted by Gasteiger charge is -2.39. The molecule has 0 radical (unpaired) electrons. The van der Waals surface area contributed by atoms with Crippen molar-refractivity contribution in [1.29, 1.82) is 0 Å². The van der Waals surface area contributed by atoms with Gasteiger partial charge in [0, 0.05) is 29.4 Å². The molecular formula is C20H24N2O6. The molecular weight excluding hydrogens is 364 g/mol. The standard InChI is InChI=1S/C20H24N2O6/c1-26-17(23)9-8-15-19-13(12-6-4-5-7-14(12)21-19)10-16(20(25)28-3)22(15)11-18(24)27-2/h4-7,15-16,21H,8-11H2,1-3H3/t15-,16-/m0/s1. The highest BCUT2D eigenvalue weighted by Crippen LogP contribution is 2.39. The highest BCUT2D eigenvalue weighted by Gasteiger charge is 2.41. The van der Waals surface area contributed by atoms with Gasteiger partial charge >= 0.3 is 17.9 Å². The fraction of sp³-hybridized carbons (Fsp3) is 0.450. The predicted octanol–water partition coefficient (Wildman–Crippen LogP) is 1.73. The number of nitrogens with zero attached hydrogens (tertiary/aromatic N) is 1. The van der Waals surface area contributed by atoms with Gasteiger partial charge in [0.2, 0.25) is 0 Å². The van der Waals surface area contributed by atoms with Crippen LogP contribution in [0.15, 0.2) is 24.3 Å². The summed E-state index contributed by atoms with van der Waals surface area (Å²) in [5, 5.41) is 1.02. The van der Waals surface area contributed by atoms with Gasteiger partial charge in [0.15, 0.2) is 0 Å². The average molecular weight is 388 g/mol. The number of carbonyl (C=O) groups is 3. The number of esters is 3. The summed E-state index contributed by atoms with van der Waals surface area (Å²) in [6, 6.07) is 6.80. The summed E-state index contributed by atoms with van der Waals surface area (Å²) in [6.45, 7) is -0.0864. The van der Waals surface area contributed by atoms with Gasteiger partial charge in [-0.3, -0.25) is 19.3 Å². The number of para-hydroxylation sites is 1. The molecule has 0 fully saturated rings. The molecule has 28 heavy (non-hydrogen) atoms. The zero-order valence-electron chi connectivity index (χ0n) is 16.2. The summed E-state index contributed by atoms with van der Waals surface area (Å²) in [6.07, 6.45) is 0.941. The van der Waals surface area contributed by atoms with Crippen molar-refractivity contribution in [1.82, 2.24) is 9.88 Å². The highest BCUT2D eigenvalue weighted by molar-refractivity contribution is 5.87. The van der Waals surface area contributed by atoms with Crippen LogP contribution >= 0.6 is 0 Å². The zero-order chi connectivity index (χ0) is 20.3. The van der Waals surface area contributed by atoms with Gasteiger partial charge < -0.3 is 19.2 Å². The van der Waals surface area contributed by atoms with E-state index in [1.807, 2.05) is 24.3 Å². The van der Waals surface area contributed by atoms with Crippen molar-refractivity contribution in [2.75, 3.05) is 27.9 Å². The Bertz CT molecular complexity index is 890. The van der Waals surface area contributed by atoms with E-state index in [1.165, 1.54) is 21.3 Å². The number of nitrogens with one attached hydrogen (secondary N) is 1. The number of aromatic nitrogens is 1. The van der Waals surface area contributed by atoms with Crippen LogP contribution in [0, 0.1) is 0 Å². The number of hydrogen-bond acceptors (Lipinski definition) is 7. The molecule has 0 aliphatic carbocycles. The lowest BCUT2D eigenvalue weighted by molar-refractivity contribution is -0.152. The lowest BCUT2D eigenvalue weighted by atomic mass is 9.89. The van der Waals surface area contributed by atoms with Crippen LogP contribution in [0.5, 0.6) is 0 Å². The third-order valence-corrected chi connectivity index (χ3v) is 5.24. The number of benzene rings is 1. The summed E-state index contributed by atoms with van der Waals surface area (Å²) in [4.78, 5) is 41.5. The molecule has 2 atom stereocenters. The van der Waals surface area contributed by atoms with Gasteiger partial charge in [-0.05, 0) is 18.1 Å². The van der Waals surface area contributed by atoms with Crippen LogP contribution in [-0.2, 0) is 35.0 Å². The molecule has 1 aromatic heterocycles. The Kier molecular flexibility index (Phi) is 5.99. The Morgan fingerprint density at radius 2 is 1.79 bits per heavy atom. The summed E-state index contributed by atoms with van der Waals surface area (Å²) >= 11 is 0. The minimum absolute atomic E-state index is 0.0864. The molecule has 1 aliphatic heterocycles. The monoisotopic (exact) mass is 388 g/mol. The SMILES string of the molecule is COC(=O)CC[C@H]1c2[nH]c3ccccc3c2C[C@@H](C(=O)OC)N1CC(=O)OC. The lowest BCUT2D eigenvalue weighted by Crippen LogP contribution is -2.50. The van der Waals surface area contributed by atoms with Gasteiger partial charge in [0.05, 0.1) is 33.9 Å². The van der Waals surface area contributed by atoms with Crippen molar-refractivity contribution in [3.8, 4) is 0 Å². The first kappa shape index (κ1) is 19.9. The number of aromatic amines is 1. The van der Waals surface area contributed by atoms with E-state index in [0.717, 1.165) is 22.2 Å². The number of carbonyl (C=O) groups excluding carboxylic acids is 3. The first-order chi connectivity index (χ1) is 13.5. The molecule has 1 aromatic carbocycles. The highest BCUT2D eigenvalue weighted by atomic mass is 16.5. The van der Waals surface area contributed by atoms with Crippen molar-refractivity contribution in [2.24, 2.45) is 0 Å².